The molecule has 0 bridgehead atoms. The number of nitrogens with one attached hydrogen (secondary N) is 1. The molecule has 0 spiro atoms. The van der Waals surface area contributed by atoms with Gasteiger partial charge in [-0.05, 0) is 18.6 Å². The lowest BCUT2D eigenvalue weighted by Gasteiger charge is -2.09. The SMILES string of the molecule is C#CC(CC)NC(=O)Cc1ccccn1. The maximum atomic E-state index is 11.5. The molecular weight excluding hydrogens is 188 g/mol. The molecule has 0 aliphatic heterocycles. The van der Waals surface area contributed by atoms with E-state index in [1.54, 1.807) is 6.20 Å². The molecule has 15 heavy (non-hydrogen) atoms. The first kappa shape index (κ1) is 11.3. The predicted octanol–water partition coefficient (Wildman–Crippen LogP) is 1.15. The minimum absolute atomic E-state index is 0.0847. The minimum atomic E-state index is -0.179. The van der Waals surface area contributed by atoms with Crippen LogP contribution < -0.4 is 5.32 Å². The van der Waals surface area contributed by atoms with Crippen LogP contribution in [0.2, 0.25) is 0 Å². The van der Waals surface area contributed by atoms with Crippen molar-refractivity contribution < 1.29 is 4.79 Å². The van der Waals surface area contributed by atoms with E-state index in [-0.39, 0.29) is 18.4 Å². The molecule has 78 valence electrons. The molecule has 1 heterocycles. The van der Waals surface area contributed by atoms with E-state index in [1.807, 2.05) is 25.1 Å². The lowest BCUT2D eigenvalue weighted by molar-refractivity contribution is -0.120. The van der Waals surface area contributed by atoms with Gasteiger partial charge in [-0.2, -0.15) is 0 Å². The van der Waals surface area contributed by atoms with Gasteiger partial charge in [0.2, 0.25) is 5.91 Å². The molecule has 3 nitrogen and oxygen atoms in total. The number of pyridine rings is 1. The summed E-state index contributed by atoms with van der Waals surface area (Å²) in [6.07, 6.45) is 7.93. The van der Waals surface area contributed by atoms with Crippen molar-refractivity contribution in [2.75, 3.05) is 0 Å². The minimum Gasteiger partial charge on any atom is -0.342 e. The van der Waals surface area contributed by atoms with Gasteiger partial charge in [0, 0.05) is 11.9 Å². The van der Waals surface area contributed by atoms with E-state index in [2.05, 4.69) is 16.2 Å². The highest BCUT2D eigenvalue weighted by Gasteiger charge is 2.08. The van der Waals surface area contributed by atoms with Crippen LogP contribution in [0.25, 0.3) is 0 Å². The van der Waals surface area contributed by atoms with Gasteiger partial charge >= 0.3 is 0 Å². The first-order valence-corrected chi connectivity index (χ1v) is 4.91. The highest BCUT2D eigenvalue weighted by Crippen LogP contribution is 1.96. The van der Waals surface area contributed by atoms with Gasteiger partial charge in [-0.3, -0.25) is 9.78 Å². The van der Waals surface area contributed by atoms with Gasteiger partial charge in [0.1, 0.15) is 0 Å². The Hall–Kier alpha value is -1.82. The highest BCUT2D eigenvalue weighted by atomic mass is 16.1. The third-order valence-corrected chi connectivity index (χ3v) is 2.01. The second kappa shape index (κ2) is 5.82. The van der Waals surface area contributed by atoms with Crippen molar-refractivity contribution in [2.45, 2.75) is 25.8 Å². The molecule has 1 unspecified atom stereocenters. The Balaban J connectivity index is 2.47. The smallest absolute Gasteiger partial charge is 0.226 e. The van der Waals surface area contributed by atoms with E-state index >= 15 is 0 Å². The lowest BCUT2D eigenvalue weighted by Crippen LogP contribution is -2.34. The molecule has 1 rings (SSSR count). The fraction of sp³-hybridized carbons (Fsp3) is 0.333. The normalized spacial score (nSPS) is 11.5. The topological polar surface area (TPSA) is 42.0 Å². The number of hydrogen-bond acceptors (Lipinski definition) is 2. The van der Waals surface area contributed by atoms with Gasteiger partial charge in [-0.1, -0.05) is 18.9 Å². The van der Waals surface area contributed by atoms with E-state index in [0.29, 0.717) is 0 Å². The third-order valence-electron chi connectivity index (χ3n) is 2.01. The Labute approximate surface area is 89.9 Å². The summed E-state index contributed by atoms with van der Waals surface area (Å²) in [5, 5.41) is 2.75. The molecule has 0 saturated heterocycles. The summed E-state index contributed by atoms with van der Waals surface area (Å²) in [5.74, 6) is 2.43. The summed E-state index contributed by atoms with van der Waals surface area (Å²) >= 11 is 0. The van der Waals surface area contributed by atoms with Crippen molar-refractivity contribution in [1.29, 1.82) is 0 Å². The van der Waals surface area contributed by atoms with E-state index < -0.39 is 0 Å². The van der Waals surface area contributed by atoms with Crippen LogP contribution in [0.5, 0.6) is 0 Å². The summed E-state index contributed by atoms with van der Waals surface area (Å²) < 4.78 is 0. The number of carbonyl (C=O) groups excluding carboxylic acids is 1. The molecule has 0 radical (unpaired) electrons. The largest absolute Gasteiger partial charge is 0.342 e. The second-order valence-corrected chi connectivity index (χ2v) is 3.19. The van der Waals surface area contributed by atoms with Crippen LogP contribution in [-0.4, -0.2) is 16.9 Å². The van der Waals surface area contributed by atoms with Crippen LogP contribution in [0.3, 0.4) is 0 Å². The average Bonchev–Trinajstić information content (AvgIpc) is 2.27. The summed E-state index contributed by atoms with van der Waals surface area (Å²) in [4.78, 5) is 15.6. The third kappa shape index (κ3) is 3.82. The Morgan fingerprint density at radius 1 is 1.67 bits per heavy atom. The molecule has 0 aromatic carbocycles. The number of nitrogens with zero attached hydrogens (tertiary/aromatic N) is 1. The molecule has 1 aromatic heterocycles. The Morgan fingerprint density at radius 2 is 2.47 bits per heavy atom. The Morgan fingerprint density at radius 3 is 3.00 bits per heavy atom. The van der Waals surface area contributed by atoms with Crippen LogP contribution in [0.4, 0.5) is 0 Å². The first-order valence-electron chi connectivity index (χ1n) is 4.91. The fourth-order valence-electron chi connectivity index (χ4n) is 1.17. The number of terminal acetylenes is 1. The van der Waals surface area contributed by atoms with E-state index in [1.165, 1.54) is 0 Å². The van der Waals surface area contributed by atoms with Gasteiger partial charge < -0.3 is 5.32 Å². The Bertz CT molecular complexity index is 354. The van der Waals surface area contributed by atoms with E-state index in [4.69, 9.17) is 6.42 Å². The van der Waals surface area contributed by atoms with Crippen molar-refractivity contribution in [3.05, 3.63) is 30.1 Å². The predicted molar refractivity (Wildman–Crippen MR) is 59.0 cm³/mol. The molecular formula is C12H14N2O. The second-order valence-electron chi connectivity index (χ2n) is 3.19. The Kier molecular flexibility index (Phi) is 4.36. The van der Waals surface area contributed by atoms with Crippen LogP contribution >= 0.6 is 0 Å². The van der Waals surface area contributed by atoms with Crippen molar-refractivity contribution in [3.8, 4) is 12.3 Å². The van der Waals surface area contributed by atoms with Crippen LogP contribution in [0.1, 0.15) is 19.0 Å². The maximum Gasteiger partial charge on any atom is 0.226 e. The van der Waals surface area contributed by atoms with Gasteiger partial charge in [0.15, 0.2) is 0 Å². The molecule has 1 amide bonds. The molecule has 0 aliphatic rings. The fourth-order valence-corrected chi connectivity index (χ4v) is 1.17. The number of rotatable bonds is 4. The van der Waals surface area contributed by atoms with Crippen LogP contribution in [0, 0.1) is 12.3 Å². The van der Waals surface area contributed by atoms with Gasteiger partial charge in [0.05, 0.1) is 12.5 Å². The lowest BCUT2D eigenvalue weighted by atomic mass is 10.2. The molecule has 1 N–H and O–H groups in total. The monoisotopic (exact) mass is 202 g/mol. The van der Waals surface area contributed by atoms with Crippen molar-refractivity contribution in [3.63, 3.8) is 0 Å². The summed E-state index contributed by atoms with van der Waals surface area (Å²) in [6, 6.07) is 5.31. The molecule has 0 fully saturated rings. The molecule has 0 aliphatic carbocycles. The zero-order chi connectivity index (χ0) is 11.1. The molecule has 0 saturated carbocycles. The number of carbonyl (C=O) groups is 1. The standard InChI is InChI=1S/C12H14N2O/c1-3-10(4-2)14-12(15)9-11-7-5-6-8-13-11/h1,5-8,10H,4,9H2,2H3,(H,14,15). The van der Waals surface area contributed by atoms with Crippen molar-refractivity contribution >= 4 is 5.91 Å². The molecule has 1 aromatic rings. The van der Waals surface area contributed by atoms with Crippen LogP contribution in [-0.2, 0) is 11.2 Å². The van der Waals surface area contributed by atoms with E-state index in [9.17, 15) is 4.79 Å². The van der Waals surface area contributed by atoms with E-state index in [0.717, 1.165) is 12.1 Å². The summed E-state index contributed by atoms with van der Waals surface area (Å²) in [7, 11) is 0. The molecule has 3 heteroatoms. The zero-order valence-corrected chi connectivity index (χ0v) is 8.73. The number of amides is 1. The van der Waals surface area contributed by atoms with Gasteiger partial charge in [-0.25, -0.2) is 0 Å². The zero-order valence-electron chi connectivity index (χ0n) is 8.73. The van der Waals surface area contributed by atoms with Gasteiger partial charge in [-0.15, -0.1) is 6.42 Å². The maximum absolute atomic E-state index is 11.5. The number of hydrogen-bond donors (Lipinski definition) is 1. The molecule has 1 atom stereocenters. The average molecular weight is 202 g/mol. The quantitative estimate of drug-likeness (QED) is 0.744. The number of aromatic nitrogens is 1. The summed E-state index contributed by atoms with van der Waals surface area (Å²) in [6.45, 7) is 1.94. The summed E-state index contributed by atoms with van der Waals surface area (Å²) in [5.41, 5.74) is 0.752. The van der Waals surface area contributed by atoms with Crippen molar-refractivity contribution in [1.82, 2.24) is 10.3 Å². The van der Waals surface area contributed by atoms with Crippen molar-refractivity contribution in [2.24, 2.45) is 0 Å². The highest BCUT2D eigenvalue weighted by molar-refractivity contribution is 5.78. The van der Waals surface area contributed by atoms with Gasteiger partial charge in [0.25, 0.3) is 0 Å². The first-order chi connectivity index (χ1) is 7.26. The van der Waals surface area contributed by atoms with Crippen LogP contribution in [0.15, 0.2) is 24.4 Å².